The van der Waals surface area contributed by atoms with E-state index in [1.54, 1.807) is 17.4 Å². The summed E-state index contributed by atoms with van der Waals surface area (Å²) in [6.07, 6.45) is 0. The quantitative estimate of drug-likeness (QED) is 0.551. The standard InChI is InChI=1S/C23H24FN5O3S/c1-32-19-8-6-18(7-9-19)26-23-27-20(15-33-23)22(31)29-12-10-28(11-13-29)14-21(30)25-17-4-2-16(24)3-5-17/h2-9,15H,10-14H2,1H3,(H,25,30)(H,26,27). The van der Waals surface area contributed by atoms with Gasteiger partial charge in [0, 0.05) is 42.9 Å². The van der Waals surface area contributed by atoms with Crippen molar-refractivity contribution in [1.82, 2.24) is 14.8 Å². The first-order valence-electron chi connectivity index (χ1n) is 10.4. The second-order valence-electron chi connectivity index (χ2n) is 7.51. The Kier molecular flexibility index (Phi) is 7.16. The van der Waals surface area contributed by atoms with Crippen LogP contribution in [-0.2, 0) is 4.79 Å². The number of methoxy groups -OCH3 is 1. The molecule has 0 atom stereocenters. The molecule has 0 spiro atoms. The van der Waals surface area contributed by atoms with Gasteiger partial charge in [0.05, 0.1) is 13.7 Å². The van der Waals surface area contributed by atoms with E-state index in [1.807, 2.05) is 29.2 Å². The first kappa shape index (κ1) is 22.7. The minimum atomic E-state index is -0.350. The fourth-order valence-electron chi connectivity index (χ4n) is 3.44. The molecule has 1 aromatic heterocycles. The van der Waals surface area contributed by atoms with Crippen LogP contribution in [0.15, 0.2) is 53.9 Å². The Morgan fingerprint density at radius 3 is 2.36 bits per heavy atom. The number of nitrogens with one attached hydrogen (secondary N) is 2. The van der Waals surface area contributed by atoms with Crippen LogP contribution in [0, 0.1) is 5.82 Å². The summed E-state index contributed by atoms with van der Waals surface area (Å²) in [6, 6.07) is 13.1. The van der Waals surface area contributed by atoms with Gasteiger partial charge in [-0.2, -0.15) is 0 Å². The Balaban J connectivity index is 1.25. The number of anilines is 3. The third kappa shape index (κ3) is 6.05. The zero-order valence-corrected chi connectivity index (χ0v) is 18.9. The fraction of sp³-hybridized carbons (Fsp3) is 0.261. The van der Waals surface area contributed by atoms with Gasteiger partial charge in [-0.15, -0.1) is 11.3 Å². The van der Waals surface area contributed by atoms with Gasteiger partial charge in [0.2, 0.25) is 5.91 Å². The number of ether oxygens (including phenoxy) is 1. The summed E-state index contributed by atoms with van der Waals surface area (Å²) in [4.78, 5) is 33.2. The third-order valence-corrected chi connectivity index (χ3v) is 5.98. The lowest BCUT2D eigenvalue weighted by Gasteiger charge is -2.33. The van der Waals surface area contributed by atoms with Crippen LogP contribution in [0.4, 0.5) is 20.9 Å². The summed E-state index contributed by atoms with van der Waals surface area (Å²) < 4.78 is 18.1. The maximum atomic E-state index is 13.0. The van der Waals surface area contributed by atoms with E-state index in [0.29, 0.717) is 42.7 Å². The van der Waals surface area contributed by atoms with Crippen LogP contribution >= 0.6 is 11.3 Å². The van der Waals surface area contributed by atoms with Crippen LogP contribution < -0.4 is 15.4 Å². The predicted molar refractivity (Wildman–Crippen MR) is 126 cm³/mol. The van der Waals surface area contributed by atoms with E-state index in [9.17, 15) is 14.0 Å². The molecule has 4 rings (SSSR count). The Bertz CT molecular complexity index is 1100. The molecule has 2 N–H and O–H groups in total. The molecule has 33 heavy (non-hydrogen) atoms. The highest BCUT2D eigenvalue weighted by Gasteiger charge is 2.25. The topological polar surface area (TPSA) is 86.8 Å². The van der Waals surface area contributed by atoms with Crippen LogP contribution in [0.3, 0.4) is 0 Å². The van der Waals surface area contributed by atoms with Gasteiger partial charge < -0.3 is 20.3 Å². The number of hydrogen-bond donors (Lipinski definition) is 2. The molecule has 0 unspecified atom stereocenters. The van der Waals surface area contributed by atoms with Crippen molar-refractivity contribution in [2.75, 3.05) is 50.5 Å². The van der Waals surface area contributed by atoms with Crippen molar-refractivity contribution in [2.24, 2.45) is 0 Å². The molecular formula is C23H24FN5O3S. The molecule has 0 radical (unpaired) electrons. The van der Waals surface area contributed by atoms with Gasteiger partial charge in [0.25, 0.3) is 5.91 Å². The number of nitrogens with zero attached hydrogens (tertiary/aromatic N) is 3. The van der Waals surface area contributed by atoms with Crippen molar-refractivity contribution < 1.29 is 18.7 Å². The average Bonchev–Trinajstić information content (AvgIpc) is 3.29. The Hall–Kier alpha value is -3.50. The van der Waals surface area contributed by atoms with Gasteiger partial charge in [0.15, 0.2) is 5.13 Å². The maximum absolute atomic E-state index is 13.0. The number of amides is 2. The summed E-state index contributed by atoms with van der Waals surface area (Å²) in [7, 11) is 1.61. The number of hydrogen-bond acceptors (Lipinski definition) is 7. The zero-order valence-electron chi connectivity index (χ0n) is 18.1. The molecule has 0 saturated carbocycles. The smallest absolute Gasteiger partial charge is 0.273 e. The molecule has 1 saturated heterocycles. The third-order valence-electron chi connectivity index (χ3n) is 5.22. The summed E-state index contributed by atoms with van der Waals surface area (Å²) in [5, 5.41) is 8.33. The second kappa shape index (κ2) is 10.4. The number of carbonyl (C=O) groups is 2. The van der Waals surface area contributed by atoms with Crippen molar-refractivity contribution in [3.8, 4) is 5.75 Å². The minimum Gasteiger partial charge on any atom is -0.497 e. The summed E-state index contributed by atoms with van der Waals surface area (Å²) >= 11 is 1.37. The van der Waals surface area contributed by atoms with E-state index in [2.05, 4.69) is 15.6 Å². The van der Waals surface area contributed by atoms with Gasteiger partial charge >= 0.3 is 0 Å². The molecule has 3 aromatic rings. The highest BCUT2D eigenvalue weighted by Crippen LogP contribution is 2.23. The fourth-order valence-corrected chi connectivity index (χ4v) is 4.14. The zero-order chi connectivity index (χ0) is 23.2. The van der Waals surface area contributed by atoms with Crippen molar-refractivity contribution in [1.29, 1.82) is 0 Å². The van der Waals surface area contributed by atoms with Crippen LogP contribution in [0.5, 0.6) is 5.75 Å². The second-order valence-corrected chi connectivity index (χ2v) is 8.37. The van der Waals surface area contributed by atoms with Crippen LogP contribution in [0.2, 0.25) is 0 Å². The predicted octanol–water partition coefficient (Wildman–Crippen LogP) is 3.43. The van der Waals surface area contributed by atoms with E-state index < -0.39 is 0 Å². The highest BCUT2D eigenvalue weighted by molar-refractivity contribution is 7.14. The van der Waals surface area contributed by atoms with Crippen molar-refractivity contribution in [2.45, 2.75) is 0 Å². The van der Waals surface area contributed by atoms with E-state index in [0.717, 1.165) is 11.4 Å². The van der Waals surface area contributed by atoms with E-state index in [1.165, 1.54) is 35.6 Å². The maximum Gasteiger partial charge on any atom is 0.273 e. The number of halogens is 1. The van der Waals surface area contributed by atoms with Gasteiger partial charge in [-0.3, -0.25) is 14.5 Å². The molecule has 8 nitrogen and oxygen atoms in total. The molecule has 2 amide bonds. The lowest BCUT2D eigenvalue weighted by atomic mass is 10.2. The molecular weight excluding hydrogens is 445 g/mol. The number of rotatable bonds is 7. The van der Waals surface area contributed by atoms with Crippen LogP contribution in [0.25, 0.3) is 0 Å². The molecule has 172 valence electrons. The molecule has 1 aliphatic rings. The SMILES string of the molecule is COc1ccc(Nc2nc(C(=O)N3CCN(CC(=O)Nc4ccc(F)cc4)CC3)cs2)cc1. The highest BCUT2D eigenvalue weighted by atomic mass is 32.1. The first-order chi connectivity index (χ1) is 16.0. The minimum absolute atomic E-state index is 0.121. The number of thiazole rings is 1. The van der Waals surface area contributed by atoms with Crippen LogP contribution in [0.1, 0.15) is 10.5 Å². The van der Waals surface area contributed by atoms with Crippen LogP contribution in [-0.4, -0.2) is 66.4 Å². The summed E-state index contributed by atoms with van der Waals surface area (Å²) in [5.74, 6) is 0.125. The Labute approximate surface area is 195 Å². The Morgan fingerprint density at radius 1 is 1.03 bits per heavy atom. The van der Waals surface area contributed by atoms with Crippen molar-refractivity contribution >= 4 is 39.7 Å². The molecule has 0 aliphatic carbocycles. The van der Waals surface area contributed by atoms with Gasteiger partial charge in [-0.05, 0) is 48.5 Å². The lowest BCUT2D eigenvalue weighted by Crippen LogP contribution is -2.50. The van der Waals surface area contributed by atoms with E-state index in [4.69, 9.17) is 4.74 Å². The lowest BCUT2D eigenvalue weighted by molar-refractivity contribution is -0.117. The normalized spacial score (nSPS) is 14.1. The largest absolute Gasteiger partial charge is 0.497 e. The first-order valence-corrected chi connectivity index (χ1v) is 11.3. The van der Waals surface area contributed by atoms with Crippen molar-refractivity contribution in [3.63, 3.8) is 0 Å². The van der Waals surface area contributed by atoms with Gasteiger partial charge in [-0.1, -0.05) is 0 Å². The molecule has 2 heterocycles. The summed E-state index contributed by atoms with van der Waals surface area (Å²) in [5.41, 5.74) is 1.81. The Morgan fingerprint density at radius 2 is 1.70 bits per heavy atom. The number of benzene rings is 2. The van der Waals surface area contributed by atoms with E-state index in [-0.39, 0.29) is 24.2 Å². The van der Waals surface area contributed by atoms with E-state index >= 15 is 0 Å². The summed E-state index contributed by atoms with van der Waals surface area (Å²) in [6.45, 7) is 2.42. The van der Waals surface area contributed by atoms with Gasteiger partial charge in [0.1, 0.15) is 17.3 Å². The molecule has 2 aromatic carbocycles. The number of aromatic nitrogens is 1. The molecule has 0 bridgehead atoms. The number of carbonyl (C=O) groups excluding carboxylic acids is 2. The average molecular weight is 470 g/mol. The van der Waals surface area contributed by atoms with Gasteiger partial charge in [-0.25, -0.2) is 9.37 Å². The number of piperazine rings is 1. The molecule has 10 heteroatoms. The molecule has 1 aliphatic heterocycles. The monoisotopic (exact) mass is 469 g/mol. The van der Waals surface area contributed by atoms with Crippen molar-refractivity contribution in [3.05, 3.63) is 65.4 Å². The molecule has 1 fully saturated rings.